The Morgan fingerprint density at radius 2 is 2.10 bits per heavy atom. The number of amides is 1. The van der Waals surface area contributed by atoms with Gasteiger partial charge in [0.2, 0.25) is 5.82 Å². The molecule has 0 aliphatic heterocycles. The van der Waals surface area contributed by atoms with Crippen molar-refractivity contribution in [2.75, 3.05) is 17.2 Å². The Hall–Kier alpha value is -3.32. The Kier molecular flexibility index (Phi) is 6.97. The highest BCUT2D eigenvalue weighted by atomic mass is 35.5. The Balaban J connectivity index is 1.77. The van der Waals surface area contributed by atoms with Gasteiger partial charge < -0.3 is 26.6 Å². The number of aliphatic hydroxyl groups excluding tert-OH is 2. The predicted octanol–water partition coefficient (Wildman–Crippen LogP) is 1.20. The molecule has 0 saturated heterocycles. The van der Waals surface area contributed by atoms with E-state index in [9.17, 15) is 14.7 Å². The monoisotopic (exact) mass is 463 g/mol. The molecule has 11 nitrogen and oxygen atoms in total. The number of amidine groups is 1. The largest absolute Gasteiger partial charge is 0.392 e. The number of halogens is 1. The van der Waals surface area contributed by atoms with Gasteiger partial charge in [-0.25, -0.2) is 15.0 Å². The van der Waals surface area contributed by atoms with Crippen molar-refractivity contribution in [3.8, 4) is 0 Å². The lowest BCUT2D eigenvalue weighted by atomic mass is 10.2. The SMILES string of the molecule is Cc1cccc(Cl)c1NC(=O)c1ncc(Nc2s[nH]c(=O)c2C(N)=NC(O)CO)cn1. The van der Waals surface area contributed by atoms with Crippen LogP contribution in [0.5, 0.6) is 0 Å². The van der Waals surface area contributed by atoms with E-state index in [-0.39, 0.29) is 17.2 Å². The quantitative estimate of drug-likeness (QED) is 0.223. The van der Waals surface area contributed by atoms with Crippen molar-refractivity contribution in [2.24, 2.45) is 10.7 Å². The molecule has 2 aromatic heterocycles. The van der Waals surface area contributed by atoms with Crippen LogP contribution in [-0.2, 0) is 0 Å². The minimum Gasteiger partial charge on any atom is -0.392 e. The number of aliphatic imine (C=N–C) groups is 1. The summed E-state index contributed by atoms with van der Waals surface area (Å²) < 4.78 is 2.50. The van der Waals surface area contributed by atoms with Gasteiger partial charge in [-0.1, -0.05) is 23.7 Å². The maximum atomic E-state index is 12.4. The second-order valence-corrected chi connectivity index (χ2v) is 7.44. The number of nitrogens with two attached hydrogens (primary N) is 1. The topological polar surface area (TPSA) is 179 Å². The van der Waals surface area contributed by atoms with E-state index in [0.29, 0.717) is 21.4 Å². The molecule has 0 aliphatic carbocycles. The van der Waals surface area contributed by atoms with Crippen molar-refractivity contribution < 1.29 is 15.0 Å². The molecule has 7 N–H and O–H groups in total. The normalized spacial score (nSPS) is 12.5. The number of carbonyl (C=O) groups is 1. The van der Waals surface area contributed by atoms with Crippen LogP contribution in [0, 0.1) is 6.92 Å². The van der Waals surface area contributed by atoms with E-state index in [1.54, 1.807) is 12.1 Å². The van der Waals surface area contributed by atoms with Gasteiger partial charge in [-0.05, 0) is 30.1 Å². The summed E-state index contributed by atoms with van der Waals surface area (Å²) in [5, 5.41) is 24.6. The number of H-pyrrole nitrogens is 1. The minimum atomic E-state index is -1.45. The van der Waals surface area contributed by atoms with E-state index < -0.39 is 24.3 Å². The second kappa shape index (κ2) is 9.66. The third-order valence-corrected chi connectivity index (χ3v) is 5.09. The molecule has 162 valence electrons. The molecule has 3 rings (SSSR count). The molecule has 13 heteroatoms. The van der Waals surface area contributed by atoms with Gasteiger partial charge in [-0.15, -0.1) is 0 Å². The van der Waals surface area contributed by atoms with Crippen molar-refractivity contribution in [3.63, 3.8) is 0 Å². The number of aryl methyl sites for hydroxylation is 1. The molecule has 0 fully saturated rings. The minimum absolute atomic E-state index is 0.00601. The number of anilines is 3. The Morgan fingerprint density at radius 1 is 1.39 bits per heavy atom. The molecule has 1 unspecified atom stereocenters. The van der Waals surface area contributed by atoms with Crippen molar-refractivity contribution >= 4 is 51.3 Å². The standard InChI is InChI=1S/C18H18ClN7O4S/c1-8-3-2-4-10(19)13(8)25-17(30)15-21-5-9(6-22-15)23-18-12(16(29)26-31-18)14(20)24-11(28)7-27/h2-6,11,23,27-28H,7H2,1H3,(H2,20,24)(H,25,30)(H,26,29). The number of nitrogens with zero attached hydrogens (tertiary/aromatic N) is 3. The van der Waals surface area contributed by atoms with Gasteiger partial charge in [0.25, 0.3) is 11.5 Å². The summed E-state index contributed by atoms with van der Waals surface area (Å²) >= 11 is 7.06. The van der Waals surface area contributed by atoms with Gasteiger partial charge in [0.05, 0.1) is 35.4 Å². The van der Waals surface area contributed by atoms with Crippen LogP contribution in [0.15, 0.2) is 40.4 Å². The van der Waals surface area contributed by atoms with Crippen LogP contribution < -0.4 is 21.9 Å². The summed E-state index contributed by atoms with van der Waals surface area (Å²) in [5.74, 6) is -0.873. The summed E-state index contributed by atoms with van der Waals surface area (Å²) in [5.41, 5.74) is 6.87. The first kappa shape index (κ1) is 22.4. The van der Waals surface area contributed by atoms with Gasteiger partial charge in [-0.2, -0.15) is 0 Å². The molecule has 0 saturated carbocycles. The highest BCUT2D eigenvalue weighted by Crippen LogP contribution is 2.26. The van der Waals surface area contributed by atoms with Gasteiger partial charge in [0.15, 0.2) is 6.23 Å². The summed E-state index contributed by atoms with van der Waals surface area (Å²) in [6, 6.07) is 5.24. The van der Waals surface area contributed by atoms with Gasteiger partial charge >= 0.3 is 0 Å². The van der Waals surface area contributed by atoms with E-state index in [1.807, 2.05) is 13.0 Å². The molecule has 1 atom stereocenters. The number of para-hydroxylation sites is 1. The van der Waals surface area contributed by atoms with E-state index in [1.165, 1.54) is 12.4 Å². The summed E-state index contributed by atoms with van der Waals surface area (Å²) in [6.07, 6.45) is 1.26. The van der Waals surface area contributed by atoms with E-state index in [4.69, 9.17) is 22.4 Å². The first-order chi connectivity index (χ1) is 14.8. The number of benzene rings is 1. The van der Waals surface area contributed by atoms with Crippen LogP contribution in [0.4, 0.5) is 16.4 Å². The van der Waals surface area contributed by atoms with E-state index in [2.05, 4.69) is 30.0 Å². The van der Waals surface area contributed by atoms with Crippen LogP contribution in [0.1, 0.15) is 21.7 Å². The molecule has 1 aromatic carbocycles. The van der Waals surface area contributed by atoms with Gasteiger partial charge in [-0.3, -0.25) is 14.0 Å². The molecule has 2 heterocycles. The first-order valence-corrected chi connectivity index (χ1v) is 9.99. The number of aliphatic hydroxyl groups is 2. The molecule has 0 spiro atoms. The highest BCUT2D eigenvalue weighted by Gasteiger charge is 2.17. The van der Waals surface area contributed by atoms with E-state index in [0.717, 1.165) is 17.1 Å². The predicted molar refractivity (Wildman–Crippen MR) is 118 cm³/mol. The van der Waals surface area contributed by atoms with Crippen LogP contribution in [0.2, 0.25) is 5.02 Å². The number of aromatic amines is 1. The smallest absolute Gasteiger partial charge is 0.293 e. The third kappa shape index (κ3) is 5.24. The fourth-order valence-corrected chi connectivity index (χ4v) is 3.52. The number of rotatable bonds is 7. The number of hydrogen-bond donors (Lipinski definition) is 6. The second-order valence-electron chi connectivity index (χ2n) is 6.22. The summed E-state index contributed by atoms with van der Waals surface area (Å²) in [6.45, 7) is 1.17. The Labute approximate surface area is 184 Å². The zero-order valence-corrected chi connectivity index (χ0v) is 17.7. The van der Waals surface area contributed by atoms with Crippen LogP contribution in [0.3, 0.4) is 0 Å². The maximum absolute atomic E-state index is 12.4. The molecular formula is C18H18ClN7O4S. The Bertz CT molecular complexity index is 1160. The molecular weight excluding hydrogens is 446 g/mol. The number of nitrogens with one attached hydrogen (secondary N) is 3. The first-order valence-electron chi connectivity index (χ1n) is 8.79. The third-order valence-electron chi connectivity index (χ3n) is 3.98. The summed E-state index contributed by atoms with van der Waals surface area (Å²) in [7, 11) is 0. The molecule has 31 heavy (non-hydrogen) atoms. The van der Waals surface area contributed by atoms with Gasteiger partial charge in [0, 0.05) is 0 Å². The molecule has 0 bridgehead atoms. The highest BCUT2D eigenvalue weighted by molar-refractivity contribution is 7.10. The van der Waals surface area contributed by atoms with Crippen molar-refractivity contribution in [3.05, 3.63) is 62.9 Å². The fraction of sp³-hybridized carbons (Fsp3) is 0.167. The lowest BCUT2D eigenvalue weighted by molar-refractivity contribution is 0.101. The molecule has 3 aromatic rings. The van der Waals surface area contributed by atoms with Crippen LogP contribution in [-0.4, -0.2) is 49.1 Å². The van der Waals surface area contributed by atoms with Crippen LogP contribution in [0.25, 0.3) is 0 Å². The van der Waals surface area contributed by atoms with Crippen LogP contribution >= 0.6 is 23.1 Å². The zero-order valence-electron chi connectivity index (χ0n) is 16.1. The summed E-state index contributed by atoms with van der Waals surface area (Å²) in [4.78, 5) is 36.2. The number of aromatic nitrogens is 3. The number of hydrogen-bond acceptors (Lipinski definition) is 9. The van der Waals surface area contributed by atoms with Crippen molar-refractivity contribution in [2.45, 2.75) is 13.2 Å². The molecule has 1 amide bonds. The maximum Gasteiger partial charge on any atom is 0.293 e. The lowest BCUT2D eigenvalue weighted by Crippen LogP contribution is -2.25. The van der Waals surface area contributed by atoms with E-state index >= 15 is 0 Å². The zero-order chi connectivity index (χ0) is 22.5. The average molecular weight is 464 g/mol. The lowest BCUT2D eigenvalue weighted by Gasteiger charge is -2.10. The van der Waals surface area contributed by atoms with Gasteiger partial charge in [0.1, 0.15) is 16.4 Å². The van der Waals surface area contributed by atoms with Crippen molar-refractivity contribution in [1.82, 2.24) is 14.3 Å². The Morgan fingerprint density at radius 3 is 2.74 bits per heavy atom. The fourth-order valence-electron chi connectivity index (χ4n) is 2.49. The average Bonchev–Trinajstić information content (AvgIpc) is 3.11. The number of carbonyl (C=O) groups excluding carboxylic acids is 1. The van der Waals surface area contributed by atoms with Crippen molar-refractivity contribution in [1.29, 1.82) is 0 Å². The molecule has 0 aliphatic rings. The molecule has 0 radical (unpaired) electrons.